The average molecular weight is 420 g/mol. The maximum absolute atomic E-state index is 13.7. The number of hydrogen-bond donors (Lipinski definition) is 3. The fourth-order valence-electron chi connectivity index (χ4n) is 3.23. The van der Waals surface area contributed by atoms with Gasteiger partial charge in [0.2, 0.25) is 0 Å². The molecule has 0 aromatic heterocycles. The van der Waals surface area contributed by atoms with Crippen molar-refractivity contribution in [1.82, 2.24) is 5.32 Å². The van der Waals surface area contributed by atoms with Gasteiger partial charge in [0.1, 0.15) is 23.7 Å². The number of aliphatic hydroxyl groups is 2. The van der Waals surface area contributed by atoms with Crippen molar-refractivity contribution in [3.05, 3.63) is 35.4 Å². The van der Waals surface area contributed by atoms with Crippen molar-refractivity contribution in [2.75, 3.05) is 7.05 Å². The molecule has 0 aliphatic carbocycles. The van der Waals surface area contributed by atoms with Crippen LogP contribution in [0.5, 0.6) is 0 Å². The van der Waals surface area contributed by atoms with Crippen LogP contribution in [0.4, 0.5) is 13.2 Å². The first-order valence-electron chi connectivity index (χ1n) is 8.92. The van der Waals surface area contributed by atoms with Crippen molar-refractivity contribution in [3.8, 4) is 0 Å². The van der Waals surface area contributed by atoms with Gasteiger partial charge in [-0.2, -0.15) is 13.2 Å². The Morgan fingerprint density at radius 3 is 2.43 bits per heavy atom. The van der Waals surface area contributed by atoms with Crippen LogP contribution in [0.3, 0.4) is 0 Å². The summed E-state index contributed by atoms with van der Waals surface area (Å²) in [6, 6.07) is 6.32. The standard InChI is InChI=1S/C18H23F3N2O4S/c1-3-9-4-6-10(7-5-9)8-26-15(18(19,20)21)14-13(25)12(24)11-16(27-14)28-17(22-2)23-11/h4-7,11-16,24-25H,3,8H2,1-2H3,(H,22,23). The first-order valence-corrected chi connectivity index (χ1v) is 9.80. The van der Waals surface area contributed by atoms with E-state index in [1.807, 2.05) is 19.1 Å². The van der Waals surface area contributed by atoms with Crippen LogP contribution in [0, 0.1) is 0 Å². The molecular weight excluding hydrogens is 397 g/mol. The highest BCUT2D eigenvalue weighted by Gasteiger charge is 2.57. The number of benzene rings is 1. The number of nitrogens with zero attached hydrogens (tertiary/aromatic N) is 1. The molecule has 28 heavy (non-hydrogen) atoms. The molecule has 6 atom stereocenters. The molecule has 0 saturated carbocycles. The number of alkyl halides is 3. The Hall–Kier alpha value is -1.33. The largest absolute Gasteiger partial charge is 0.417 e. The lowest BCUT2D eigenvalue weighted by molar-refractivity contribution is -0.287. The molecule has 2 aliphatic rings. The lowest BCUT2D eigenvalue weighted by atomic mass is 9.94. The van der Waals surface area contributed by atoms with E-state index in [0.29, 0.717) is 10.7 Å². The van der Waals surface area contributed by atoms with Crippen molar-refractivity contribution in [3.63, 3.8) is 0 Å². The molecule has 2 saturated heterocycles. The Bertz CT molecular complexity index is 701. The Morgan fingerprint density at radius 1 is 1.21 bits per heavy atom. The minimum atomic E-state index is -4.78. The van der Waals surface area contributed by atoms with Crippen LogP contribution in [-0.2, 0) is 22.5 Å². The number of aryl methyl sites for hydroxylation is 1. The number of nitrogens with one attached hydrogen (secondary N) is 1. The smallest absolute Gasteiger partial charge is 0.388 e. The zero-order chi connectivity index (χ0) is 20.5. The van der Waals surface area contributed by atoms with Crippen LogP contribution < -0.4 is 5.32 Å². The zero-order valence-corrected chi connectivity index (χ0v) is 16.2. The topological polar surface area (TPSA) is 83.3 Å². The molecule has 0 radical (unpaired) electrons. The summed E-state index contributed by atoms with van der Waals surface area (Å²) >= 11 is 1.07. The molecule has 1 aromatic carbocycles. The molecule has 2 fully saturated rings. The van der Waals surface area contributed by atoms with Crippen molar-refractivity contribution in [1.29, 1.82) is 0 Å². The van der Waals surface area contributed by atoms with Gasteiger partial charge in [-0.25, -0.2) is 0 Å². The number of fused-ring (bicyclic) bond motifs is 1. The van der Waals surface area contributed by atoms with Gasteiger partial charge in [-0.3, -0.25) is 4.99 Å². The van der Waals surface area contributed by atoms with Gasteiger partial charge < -0.3 is 25.0 Å². The van der Waals surface area contributed by atoms with E-state index in [4.69, 9.17) is 9.47 Å². The Morgan fingerprint density at radius 2 is 1.86 bits per heavy atom. The molecule has 6 unspecified atom stereocenters. The van der Waals surface area contributed by atoms with E-state index in [0.717, 1.165) is 23.7 Å². The minimum absolute atomic E-state index is 0.294. The van der Waals surface area contributed by atoms with Gasteiger partial charge in [-0.1, -0.05) is 43.0 Å². The van der Waals surface area contributed by atoms with Gasteiger partial charge in [0.15, 0.2) is 11.3 Å². The predicted octanol–water partition coefficient (Wildman–Crippen LogP) is 1.83. The van der Waals surface area contributed by atoms with Gasteiger partial charge in [-0.15, -0.1) is 0 Å². The molecule has 0 amide bonds. The van der Waals surface area contributed by atoms with Crippen LogP contribution in [0.25, 0.3) is 0 Å². The van der Waals surface area contributed by atoms with E-state index in [9.17, 15) is 23.4 Å². The molecule has 2 heterocycles. The summed E-state index contributed by atoms with van der Waals surface area (Å²) in [5.74, 6) is 0. The third-order valence-electron chi connectivity index (χ3n) is 4.84. The first kappa shape index (κ1) is 21.4. The third-order valence-corrected chi connectivity index (χ3v) is 6.00. The summed E-state index contributed by atoms with van der Waals surface area (Å²) in [6.07, 6.45) is -11.3. The Kier molecular flexibility index (Phi) is 6.55. The monoisotopic (exact) mass is 420 g/mol. The van der Waals surface area contributed by atoms with Gasteiger partial charge in [-0.05, 0) is 17.5 Å². The minimum Gasteiger partial charge on any atom is -0.388 e. The lowest BCUT2D eigenvalue weighted by Gasteiger charge is -2.42. The van der Waals surface area contributed by atoms with Crippen molar-refractivity contribution >= 4 is 16.9 Å². The summed E-state index contributed by atoms with van der Waals surface area (Å²) < 4.78 is 51.7. The maximum atomic E-state index is 13.7. The van der Waals surface area contributed by atoms with E-state index in [1.54, 1.807) is 12.1 Å². The van der Waals surface area contributed by atoms with Crippen LogP contribution in [0.1, 0.15) is 18.1 Å². The molecule has 2 aliphatic heterocycles. The number of ether oxygens (including phenoxy) is 2. The molecular formula is C18H23F3N2O4S. The number of halogens is 3. The number of aliphatic hydroxyl groups excluding tert-OH is 2. The number of amidine groups is 1. The number of rotatable bonds is 5. The van der Waals surface area contributed by atoms with E-state index in [2.05, 4.69) is 10.3 Å². The van der Waals surface area contributed by atoms with Crippen molar-refractivity contribution in [2.24, 2.45) is 4.99 Å². The van der Waals surface area contributed by atoms with Gasteiger partial charge >= 0.3 is 6.18 Å². The van der Waals surface area contributed by atoms with Crippen LogP contribution in [0.2, 0.25) is 0 Å². The lowest BCUT2D eigenvalue weighted by Crippen LogP contribution is -2.63. The number of hydrogen-bond acceptors (Lipinski definition) is 6. The van der Waals surface area contributed by atoms with Gasteiger partial charge in [0, 0.05) is 7.05 Å². The second-order valence-electron chi connectivity index (χ2n) is 6.71. The molecule has 10 heteroatoms. The fourth-order valence-corrected chi connectivity index (χ4v) is 4.32. The van der Waals surface area contributed by atoms with Crippen LogP contribution >= 0.6 is 11.8 Å². The molecule has 0 bridgehead atoms. The predicted molar refractivity (Wildman–Crippen MR) is 99.0 cm³/mol. The average Bonchev–Trinajstić information content (AvgIpc) is 3.08. The second-order valence-corrected chi connectivity index (χ2v) is 7.80. The molecule has 1 aromatic rings. The number of thioether (sulfide) groups is 1. The van der Waals surface area contributed by atoms with Crippen LogP contribution in [0.15, 0.2) is 29.3 Å². The maximum Gasteiger partial charge on any atom is 0.417 e. The molecule has 156 valence electrons. The van der Waals surface area contributed by atoms with Gasteiger partial charge in [0.25, 0.3) is 0 Å². The summed E-state index contributed by atoms with van der Waals surface area (Å²) in [4.78, 5) is 3.92. The highest BCUT2D eigenvalue weighted by atomic mass is 32.2. The Balaban J connectivity index is 1.75. The number of aliphatic imine (C=N–C) groups is 1. The van der Waals surface area contributed by atoms with E-state index in [1.165, 1.54) is 7.05 Å². The van der Waals surface area contributed by atoms with Crippen molar-refractivity contribution in [2.45, 2.75) is 62.0 Å². The fraction of sp³-hybridized carbons (Fsp3) is 0.611. The summed E-state index contributed by atoms with van der Waals surface area (Å²) in [6.45, 7) is 1.69. The van der Waals surface area contributed by atoms with Crippen molar-refractivity contribution < 1.29 is 32.9 Å². The summed E-state index contributed by atoms with van der Waals surface area (Å²) in [7, 11) is 1.51. The quantitative estimate of drug-likeness (QED) is 0.674. The molecule has 3 rings (SSSR count). The van der Waals surface area contributed by atoms with Gasteiger partial charge in [0.05, 0.1) is 12.6 Å². The summed E-state index contributed by atoms with van der Waals surface area (Å²) in [5, 5.41) is 23.9. The zero-order valence-electron chi connectivity index (χ0n) is 15.4. The molecule has 0 spiro atoms. The molecule has 3 N–H and O–H groups in total. The molecule has 6 nitrogen and oxygen atoms in total. The highest BCUT2D eigenvalue weighted by molar-refractivity contribution is 8.14. The summed E-state index contributed by atoms with van der Waals surface area (Å²) in [5.41, 5.74) is 0.836. The van der Waals surface area contributed by atoms with Crippen LogP contribution in [-0.4, -0.2) is 64.5 Å². The van der Waals surface area contributed by atoms with E-state index >= 15 is 0 Å². The highest BCUT2D eigenvalue weighted by Crippen LogP contribution is 2.39. The first-order chi connectivity index (χ1) is 13.2. The second kappa shape index (κ2) is 8.58. The third kappa shape index (κ3) is 4.46. The van der Waals surface area contributed by atoms with E-state index < -0.39 is 42.1 Å². The van der Waals surface area contributed by atoms with E-state index in [-0.39, 0.29) is 6.61 Å². The Labute approximate surface area is 165 Å². The SMILES string of the molecule is CCc1ccc(COC(C2OC3SC(=NC)NC3C(O)C2O)C(F)(F)F)cc1. The normalized spacial score (nSPS) is 32.8.